The highest BCUT2D eigenvalue weighted by atomic mass is 16.3. The molecule has 2 heteroatoms. The molecule has 0 amide bonds. The average Bonchev–Trinajstić information content (AvgIpc) is 2.70. The molecule has 0 saturated carbocycles. The number of hydrogen-bond donors (Lipinski definition) is 1. The van der Waals surface area contributed by atoms with Crippen LogP contribution in [0, 0.1) is 5.92 Å². The summed E-state index contributed by atoms with van der Waals surface area (Å²) in [7, 11) is 0. The average molecular weight is 346 g/mol. The molecule has 3 aromatic rings. The Labute approximate surface area is 156 Å². The van der Waals surface area contributed by atoms with Crippen molar-refractivity contribution in [3.63, 3.8) is 0 Å². The number of carbonyl (C=O) groups is 1. The molecule has 0 aliphatic carbocycles. The first-order valence-electron chi connectivity index (χ1n) is 8.91. The summed E-state index contributed by atoms with van der Waals surface area (Å²) >= 11 is 0. The van der Waals surface area contributed by atoms with Crippen LogP contribution in [0.15, 0.2) is 84.9 Å². The minimum atomic E-state index is 0.121. The predicted molar refractivity (Wildman–Crippen MR) is 108 cm³/mol. The van der Waals surface area contributed by atoms with Crippen LogP contribution in [0.2, 0.25) is 0 Å². The normalized spacial score (nSPS) is 11.2. The van der Waals surface area contributed by atoms with E-state index in [9.17, 15) is 4.79 Å². The zero-order valence-electron chi connectivity index (χ0n) is 15.4. The smallest absolute Gasteiger partial charge is 0.159 e. The minimum absolute atomic E-state index is 0.121. The molecule has 0 spiro atoms. The summed E-state index contributed by atoms with van der Waals surface area (Å²) < 4.78 is 0. The van der Waals surface area contributed by atoms with Gasteiger partial charge in [-0.15, -0.1) is 0 Å². The molecule has 0 bridgehead atoms. The molecular weight excluding hydrogens is 320 g/mol. The van der Waals surface area contributed by atoms with E-state index in [0.29, 0.717) is 5.92 Å². The lowest BCUT2D eigenvalue weighted by Crippen LogP contribution is -2.04. The van der Waals surface area contributed by atoms with Gasteiger partial charge in [-0.25, -0.2) is 0 Å². The third-order valence-electron chi connectivity index (χ3n) is 4.14. The van der Waals surface area contributed by atoms with Gasteiger partial charge in [0.05, 0.1) is 0 Å². The van der Waals surface area contributed by atoms with E-state index in [0.717, 1.165) is 12.0 Å². The summed E-state index contributed by atoms with van der Waals surface area (Å²) in [5, 5.41) is 9.03. The Kier molecular flexibility index (Phi) is 7.78. The Morgan fingerprint density at radius 2 is 1.31 bits per heavy atom. The number of carbonyl (C=O) groups excluding carboxylic acids is 1. The van der Waals surface area contributed by atoms with Crippen molar-refractivity contribution in [1.82, 2.24) is 0 Å². The van der Waals surface area contributed by atoms with Gasteiger partial charge in [0.15, 0.2) is 5.78 Å². The fraction of sp³-hybridized carbons (Fsp3) is 0.208. The topological polar surface area (TPSA) is 37.3 Å². The van der Waals surface area contributed by atoms with Crippen molar-refractivity contribution in [2.75, 3.05) is 6.61 Å². The van der Waals surface area contributed by atoms with Crippen LogP contribution < -0.4 is 0 Å². The second-order valence-electron chi connectivity index (χ2n) is 6.48. The first-order chi connectivity index (χ1) is 12.6. The number of benzene rings is 3. The molecule has 0 unspecified atom stereocenters. The molecule has 26 heavy (non-hydrogen) atoms. The zero-order chi connectivity index (χ0) is 18.8. The first kappa shape index (κ1) is 19.6. The van der Waals surface area contributed by atoms with Crippen LogP contribution in [0.25, 0.3) is 11.1 Å². The summed E-state index contributed by atoms with van der Waals surface area (Å²) in [6.07, 6.45) is 0.936. The Hall–Kier alpha value is -2.71. The fourth-order valence-electron chi connectivity index (χ4n) is 2.60. The molecule has 0 aliphatic rings. The Morgan fingerprint density at radius 1 is 0.808 bits per heavy atom. The van der Waals surface area contributed by atoms with Gasteiger partial charge in [-0.3, -0.25) is 4.79 Å². The lowest BCUT2D eigenvalue weighted by atomic mass is 9.99. The summed E-state index contributed by atoms with van der Waals surface area (Å²) in [6.45, 7) is 3.88. The molecule has 134 valence electrons. The minimum Gasteiger partial charge on any atom is -0.396 e. The summed E-state index contributed by atoms with van der Waals surface area (Å²) in [4.78, 5) is 10.6. The number of ketones is 1. The van der Waals surface area contributed by atoms with Gasteiger partial charge in [0.25, 0.3) is 0 Å². The van der Waals surface area contributed by atoms with Crippen LogP contribution >= 0.6 is 0 Å². The standard InChI is InChI=1S/C16H18O.C8H8O/c1-13(12-17)11-14-7-9-16(10-8-14)15-5-3-2-4-6-15;1-7(9)8-5-3-2-4-6-8/h2-10,13,17H,11-12H2,1H3;2-6H,1H3/t13-;/m1./s1. The third kappa shape index (κ3) is 6.30. The maximum Gasteiger partial charge on any atom is 0.159 e. The van der Waals surface area contributed by atoms with Crippen LogP contribution in [0.3, 0.4) is 0 Å². The lowest BCUT2D eigenvalue weighted by molar-refractivity contribution is 0.101. The second kappa shape index (κ2) is 10.3. The van der Waals surface area contributed by atoms with Gasteiger partial charge in [-0.05, 0) is 36.0 Å². The van der Waals surface area contributed by atoms with Crippen molar-refractivity contribution in [3.8, 4) is 11.1 Å². The number of aliphatic hydroxyl groups excluding tert-OH is 1. The van der Waals surface area contributed by atoms with Gasteiger partial charge in [0.1, 0.15) is 0 Å². The molecule has 0 heterocycles. The van der Waals surface area contributed by atoms with Crippen molar-refractivity contribution in [2.45, 2.75) is 20.3 Å². The number of rotatable bonds is 5. The Bertz CT molecular complexity index is 777. The van der Waals surface area contributed by atoms with Crippen LogP contribution in [0.5, 0.6) is 0 Å². The van der Waals surface area contributed by atoms with E-state index < -0.39 is 0 Å². The van der Waals surface area contributed by atoms with E-state index in [-0.39, 0.29) is 12.4 Å². The van der Waals surface area contributed by atoms with Gasteiger partial charge < -0.3 is 5.11 Å². The van der Waals surface area contributed by atoms with E-state index in [1.807, 2.05) is 36.4 Å². The maximum absolute atomic E-state index is 10.6. The SMILES string of the molecule is CC(=O)c1ccccc1.C[C@@H](CO)Cc1ccc(-c2ccccc2)cc1. The molecular formula is C24H26O2. The largest absolute Gasteiger partial charge is 0.396 e. The van der Waals surface area contributed by atoms with Gasteiger partial charge in [0, 0.05) is 12.2 Å². The van der Waals surface area contributed by atoms with Crippen LogP contribution in [0.1, 0.15) is 29.8 Å². The molecule has 1 atom stereocenters. The molecule has 0 aliphatic heterocycles. The van der Waals surface area contributed by atoms with E-state index in [2.05, 4.69) is 55.5 Å². The van der Waals surface area contributed by atoms with Crippen LogP contribution in [0.4, 0.5) is 0 Å². The fourth-order valence-corrected chi connectivity index (χ4v) is 2.60. The molecule has 1 N–H and O–H groups in total. The van der Waals surface area contributed by atoms with E-state index in [1.165, 1.54) is 16.7 Å². The molecule has 3 rings (SSSR count). The summed E-state index contributed by atoms with van der Waals surface area (Å²) in [6, 6.07) is 28.2. The maximum atomic E-state index is 10.6. The van der Waals surface area contributed by atoms with Crippen LogP contribution in [-0.4, -0.2) is 17.5 Å². The Balaban J connectivity index is 0.000000228. The van der Waals surface area contributed by atoms with Crippen molar-refractivity contribution < 1.29 is 9.90 Å². The highest BCUT2D eigenvalue weighted by Crippen LogP contribution is 2.20. The van der Waals surface area contributed by atoms with Crippen LogP contribution in [-0.2, 0) is 6.42 Å². The quantitative estimate of drug-likeness (QED) is 0.627. The van der Waals surface area contributed by atoms with E-state index in [4.69, 9.17) is 5.11 Å². The number of hydrogen-bond acceptors (Lipinski definition) is 2. The van der Waals surface area contributed by atoms with Gasteiger partial charge in [-0.2, -0.15) is 0 Å². The predicted octanol–water partition coefficient (Wildman–Crippen LogP) is 5.41. The zero-order valence-corrected chi connectivity index (χ0v) is 15.4. The molecule has 0 aromatic heterocycles. The molecule has 0 radical (unpaired) electrons. The molecule has 3 aromatic carbocycles. The van der Waals surface area contributed by atoms with Crippen molar-refractivity contribution >= 4 is 5.78 Å². The second-order valence-corrected chi connectivity index (χ2v) is 6.48. The number of aliphatic hydroxyl groups is 1. The highest BCUT2D eigenvalue weighted by Gasteiger charge is 2.02. The van der Waals surface area contributed by atoms with E-state index in [1.54, 1.807) is 6.92 Å². The van der Waals surface area contributed by atoms with Gasteiger partial charge >= 0.3 is 0 Å². The third-order valence-corrected chi connectivity index (χ3v) is 4.14. The first-order valence-corrected chi connectivity index (χ1v) is 8.91. The van der Waals surface area contributed by atoms with Crippen molar-refractivity contribution in [1.29, 1.82) is 0 Å². The van der Waals surface area contributed by atoms with Gasteiger partial charge in [-0.1, -0.05) is 91.9 Å². The molecule has 0 saturated heterocycles. The summed E-state index contributed by atoms with van der Waals surface area (Å²) in [5.74, 6) is 0.452. The monoisotopic (exact) mass is 346 g/mol. The molecule has 2 nitrogen and oxygen atoms in total. The van der Waals surface area contributed by atoms with Crippen molar-refractivity contribution in [3.05, 3.63) is 96.1 Å². The van der Waals surface area contributed by atoms with E-state index >= 15 is 0 Å². The number of Topliss-reactive ketones (excluding diaryl/α,β-unsaturated/α-hetero) is 1. The molecule has 0 fully saturated rings. The summed E-state index contributed by atoms with van der Waals surface area (Å²) in [5.41, 5.74) is 4.55. The Morgan fingerprint density at radius 3 is 1.77 bits per heavy atom. The van der Waals surface area contributed by atoms with Gasteiger partial charge in [0.2, 0.25) is 0 Å². The highest BCUT2D eigenvalue weighted by molar-refractivity contribution is 5.93. The van der Waals surface area contributed by atoms with Crippen molar-refractivity contribution in [2.24, 2.45) is 5.92 Å². The lowest BCUT2D eigenvalue weighted by Gasteiger charge is -2.08.